The summed E-state index contributed by atoms with van der Waals surface area (Å²) in [5, 5.41) is 15.0. The maximum atomic E-state index is 6.30. The van der Waals surface area contributed by atoms with E-state index in [2.05, 4.69) is 144 Å². The van der Waals surface area contributed by atoms with Crippen molar-refractivity contribution >= 4 is 72.2 Å². The van der Waals surface area contributed by atoms with Crippen LogP contribution in [0.25, 0.3) is 82.8 Å². The van der Waals surface area contributed by atoms with Crippen molar-refractivity contribution < 1.29 is 8.83 Å². The smallest absolute Gasteiger partial charge is 0.160 e. The molecule has 274 valence electrons. The van der Waals surface area contributed by atoms with Gasteiger partial charge in [-0.1, -0.05) is 146 Å². The Hall–Kier alpha value is -7.70. The number of hydrogen-bond donors (Lipinski definition) is 2. The van der Waals surface area contributed by atoms with Crippen LogP contribution in [-0.2, 0) is 6.54 Å². The fourth-order valence-electron chi connectivity index (χ4n) is 9.04. The van der Waals surface area contributed by atoms with Crippen LogP contribution in [0.5, 0.6) is 0 Å². The Bertz CT molecular complexity index is 3390. The number of nitrogens with zero attached hydrogens (tertiary/aromatic N) is 2. The van der Waals surface area contributed by atoms with E-state index in [9.17, 15) is 0 Å². The molecule has 0 aliphatic carbocycles. The van der Waals surface area contributed by atoms with Gasteiger partial charge in [0, 0.05) is 45.6 Å². The third-order valence-corrected chi connectivity index (χ3v) is 11.7. The molecule has 0 fully saturated rings. The van der Waals surface area contributed by atoms with E-state index in [4.69, 9.17) is 18.8 Å². The number of benzene rings is 8. The Kier molecular flexibility index (Phi) is 7.25. The molecule has 0 bridgehead atoms. The quantitative estimate of drug-likeness (QED) is 0.184. The van der Waals surface area contributed by atoms with Gasteiger partial charge < -0.3 is 19.5 Å². The SMILES string of the molecule is C1=Cc2oc3cccc(C4=NC(c5ccccc5)NC(c5ccc(-c6ccc(-c7cccc8oc9ccccc9c78)c7ccccc67)c6ccccc56)=N4)c3c2CN1. The lowest BCUT2D eigenvalue weighted by Crippen LogP contribution is -2.33. The first-order valence-electron chi connectivity index (χ1n) is 19.6. The molecule has 1 atom stereocenters. The van der Waals surface area contributed by atoms with Gasteiger partial charge in [-0.3, -0.25) is 0 Å². The lowest BCUT2D eigenvalue weighted by atomic mass is 9.88. The molecule has 0 radical (unpaired) electrons. The zero-order valence-electron chi connectivity index (χ0n) is 31.2. The van der Waals surface area contributed by atoms with E-state index < -0.39 is 0 Å². The molecule has 58 heavy (non-hydrogen) atoms. The highest BCUT2D eigenvalue weighted by Gasteiger charge is 2.26. The fourth-order valence-corrected chi connectivity index (χ4v) is 9.04. The number of para-hydroxylation sites is 1. The standard InChI is InChI=1S/C52H34N4O2/c1-2-12-31(13-3-1)50-54-51(56-52(55-50)42-20-11-23-47-49(42)43-30-53-29-28-45(43)58-47)40-27-26-37(34-16-6-7-17-35(34)40)36-24-25-38(33-15-5-4-14-32(33)36)39-19-10-22-46-48(39)41-18-8-9-21-44(41)57-46/h1-29,50,53H,30H2,(H,54,55,56). The second-order valence-electron chi connectivity index (χ2n) is 14.9. The number of nitrogens with one attached hydrogen (secondary N) is 2. The van der Waals surface area contributed by atoms with Crippen molar-refractivity contribution in [2.24, 2.45) is 9.98 Å². The molecule has 6 heteroatoms. The van der Waals surface area contributed by atoms with E-state index >= 15 is 0 Å². The summed E-state index contributed by atoms with van der Waals surface area (Å²) in [6.07, 6.45) is 3.58. The number of furan rings is 2. The molecule has 12 rings (SSSR count). The Labute approximate surface area is 333 Å². The van der Waals surface area contributed by atoms with Gasteiger partial charge in [0.2, 0.25) is 0 Å². The number of rotatable bonds is 5. The van der Waals surface area contributed by atoms with Crippen molar-refractivity contribution in [2.75, 3.05) is 0 Å². The normalized spacial score (nSPS) is 15.1. The predicted molar refractivity (Wildman–Crippen MR) is 237 cm³/mol. The molecule has 2 aliphatic rings. The van der Waals surface area contributed by atoms with Crippen LogP contribution < -0.4 is 10.6 Å². The molecular weight excluding hydrogens is 713 g/mol. The zero-order valence-corrected chi connectivity index (χ0v) is 31.2. The van der Waals surface area contributed by atoms with Crippen LogP contribution in [0.3, 0.4) is 0 Å². The lowest BCUT2D eigenvalue weighted by Gasteiger charge is -2.25. The predicted octanol–water partition coefficient (Wildman–Crippen LogP) is 12.5. The van der Waals surface area contributed by atoms with Crippen LogP contribution in [0, 0.1) is 0 Å². The summed E-state index contributed by atoms with van der Waals surface area (Å²) in [6.45, 7) is 0.678. The first-order chi connectivity index (χ1) is 28.8. The van der Waals surface area contributed by atoms with E-state index in [0.717, 1.165) is 88.7 Å². The summed E-state index contributed by atoms with van der Waals surface area (Å²) in [5.74, 6) is 2.31. The zero-order chi connectivity index (χ0) is 38.2. The molecule has 8 aromatic carbocycles. The molecular formula is C52H34N4O2. The largest absolute Gasteiger partial charge is 0.456 e. The van der Waals surface area contributed by atoms with Crippen LogP contribution in [0.4, 0.5) is 0 Å². The highest BCUT2D eigenvalue weighted by molar-refractivity contribution is 6.22. The van der Waals surface area contributed by atoms with E-state index in [1.54, 1.807) is 0 Å². The number of aliphatic imine (C=N–C) groups is 2. The second-order valence-corrected chi connectivity index (χ2v) is 14.9. The lowest BCUT2D eigenvalue weighted by molar-refractivity contribution is 0.592. The average molecular weight is 747 g/mol. The van der Waals surface area contributed by atoms with Gasteiger partial charge in [0.1, 0.15) is 34.5 Å². The average Bonchev–Trinajstić information content (AvgIpc) is 3.87. The molecule has 6 nitrogen and oxygen atoms in total. The first-order valence-corrected chi connectivity index (χ1v) is 19.6. The Morgan fingerprint density at radius 2 is 1.03 bits per heavy atom. The molecule has 1 unspecified atom stereocenters. The van der Waals surface area contributed by atoms with Crippen LogP contribution >= 0.6 is 0 Å². The van der Waals surface area contributed by atoms with Crippen molar-refractivity contribution in [3.63, 3.8) is 0 Å². The third kappa shape index (κ3) is 5.05. The maximum Gasteiger partial charge on any atom is 0.160 e. The van der Waals surface area contributed by atoms with E-state index in [1.165, 1.54) is 21.9 Å². The van der Waals surface area contributed by atoms with E-state index in [1.807, 2.05) is 42.6 Å². The summed E-state index contributed by atoms with van der Waals surface area (Å²) in [7, 11) is 0. The third-order valence-electron chi connectivity index (χ3n) is 11.7. The van der Waals surface area contributed by atoms with Gasteiger partial charge >= 0.3 is 0 Å². The van der Waals surface area contributed by atoms with Crippen LogP contribution in [0.1, 0.15) is 34.2 Å². The fraction of sp³-hybridized carbons (Fsp3) is 0.0385. The van der Waals surface area contributed by atoms with E-state index in [-0.39, 0.29) is 6.17 Å². The molecule has 2 aliphatic heterocycles. The topological polar surface area (TPSA) is 75.1 Å². The first kappa shape index (κ1) is 32.5. The minimum Gasteiger partial charge on any atom is -0.456 e. The summed E-state index contributed by atoms with van der Waals surface area (Å²) in [4.78, 5) is 10.6. The monoisotopic (exact) mass is 746 g/mol. The number of fused-ring (bicyclic) bond motifs is 8. The summed E-state index contributed by atoms with van der Waals surface area (Å²) in [5.41, 5.74) is 11.4. The van der Waals surface area contributed by atoms with Gasteiger partial charge in [-0.05, 0) is 73.6 Å². The van der Waals surface area contributed by atoms with Gasteiger partial charge in [0.15, 0.2) is 5.84 Å². The van der Waals surface area contributed by atoms with Gasteiger partial charge in [0.05, 0.1) is 0 Å². The van der Waals surface area contributed by atoms with Crippen LogP contribution in [0.2, 0.25) is 0 Å². The molecule has 2 N–H and O–H groups in total. The summed E-state index contributed by atoms with van der Waals surface area (Å²) >= 11 is 0. The molecule has 2 aromatic heterocycles. The van der Waals surface area contributed by atoms with Gasteiger partial charge in [-0.15, -0.1) is 0 Å². The Morgan fingerprint density at radius 3 is 1.76 bits per heavy atom. The Balaban J connectivity index is 1.02. The van der Waals surface area contributed by atoms with Crippen LogP contribution in [0.15, 0.2) is 189 Å². The van der Waals surface area contributed by atoms with Crippen molar-refractivity contribution in [3.8, 4) is 22.3 Å². The highest BCUT2D eigenvalue weighted by Crippen LogP contribution is 2.43. The molecule has 0 saturated carbocycles. The molecule has 4 heterocycles. The molecule has 0 saturated heterocycles. The minimum absolute atomic E-state index is 0.341. The van der Waals surface area contributed by atoms with Crippen molar-refractivity contribution in [1.82, 2.24) is 10.6 Å². The summed E-state index contributed by atoms with van der Waals surface area (Å²) in [6, 6.07) is 57.6. The Morgan fingerprint density at radius 1 is 0.466 bits per heavy atom. The van der Waals surface area contributed by atoms with Gasteiger partial charge in [-0.25, -0.2) is 9.98 Å². The molecule has 0 spiro atoms. The number of amidine groups is 2. The maximum absolute atomic E-state index is 6.30. The van der Waals surface area contributed by atoms with E-state index in [0.29, 0.717) is 12.4 Å². The van der Waals surface area contributed by atoms with Crippen molar-refractivity contribution in [2.45, 2.75) is 12.7 Å². The minimum atomic E-state index is -0.341. The van der Waals surface area contributed by atoms with Crippen LogP contribution in [-0.4, -0.2) is 11.7 Å². The van der Waals surface area contributed by atoms with Gasteiger partial charge in [-0.2, -0.15) is 0 Å². The van der Waals surface area contributed by atoms with Gasteiger partial charge in [0.25, 0.3) is 0 Å². The van der Waals surface area contributed by atoms with Crippen molar-refractivity contribution in [3.05, 3.63) is 198 Å². The molecule has 10 aromatic rings. The highest BCUT2D eigenvalue weighted by atomic mass is 16.3. The number of hydrogen-bond acceptors (Lipinski definition) is 6. The molecule has 0 amide bonds. The second kappa shape index (κ2) is 12.9. The van der Waals surface area contributed by atoms with Crippen molar-refractivity contribution in [1.29, 1.82) is 0 Å². The summed E-state index contributed by atoms with van der Waals surface area (Å²) < 4.78 is 12.6.